The predicted molar refractivity (Wildman–Crippen MR) is 87.9 cm³/mol. The molecule has 0 spiro atoms. The molecule has 0 bridgehead atoms. The molecule has 0 radical (unpaired) electrons. The summed E-state index contributed by atoms with van der Waals surface area (Å²) in [6.07, 6.45) is 7.59. The molecule has 4 rings (SSSR count). The Bertz CT molecular complexity index is 853. The molecule has 3 aromatic heterocycles. The molecule has 0 aromatic carbocycles. The number of imidazole rings is 1. The van der Waals surface area contributed by atoms with E-state index in [1.165, 1.54) is 29.0 Å². The van der Waals surface area contributed by atoms with Gasteiger partial charge in [-0.25, -0.2) is 15.0 Å². The Morgan fingerprint density at radius 1 is 1.35 bits per heavy atom. The van der Waals surface area contributed by atoms with E-state index in [2.05, 4.69) is 20.3 Å². The summed E-state index contributed by atoms with van der Waals surface area (Å²) in [5, 5.41) is 4.84. The topological polar surface area (TPSA) is 72.2 Å². The first-order valence-electron chi connectivity index (χ1n) is 7.76. The molecule has 0 fully saturated rings. The summed E-state index contributed by atoms with van der Waals surface area (Å²) in [4.78, 5) is 26.4. The molecular formula is C16H17N5OS. The Morgan fingerprint density at radius 2 is 2.26 bits per heavy atom. The molecule has 23 heavy (non-hydrogen) atoms. The monoisotopic (exact) mass is 327 g/mol. The van der Waals surface area contributed by atoms with Crippen molar-refractivity contribution in [2.45, 2.75) is 32.6 Å². The summed E-state index contributed by atoms with van der Waals surface area (Å²) >= 11 is 1.51. The molecule has 0 unspecified atom stereocenters. The second-order valence-electron chi connectivity index (χ2n) is 5.73. The molecule has 0 aliphatic heterocycles. The molecule has 7 heteroatoms. The van der Waals surface area contributed by atoms with Gasteiger partial charge < -0.3 is 5.32 Å². The lowest BCUT2D eigenvalue weighted by Gasteiger charge is -2.07. The lowest BCUT2D eigenvalue weighted by atomic mass is 10.2. The summed E-state index contributed by atoms with van der Waals surface area (Å²) in [6.45, 7) is 2.56. The van der Waals surface area contributed by atoms with Crippen LogP contribution in [0.5, 0.6) is 0 Å². The third-order valence-electron chi connectivity index (χ3n) is 4.15. The molecule has 1 aliphatic rings. The number of nitrogens with zero attached hydrogens (tertiary/aromatic N) is 4. The number of aromatic nitrogens is 4. The summed E-state index contributed by atoms with van der Waals surface area (Å²) in [5.74, 6) is 0.660. The first-order chi connectivity index (χ1) is 11.2. The minimum atomic E-state index is -0.154. The average Bonchev–Trinajstić information content (AvgIpc) is 3.22. The SMILES string of the molecule is Cc1nc(CCNC(=O)c2cn3ccsc3n2)nc2c1CCC2. The molecule has 3 heterocycles. The molecule has 1 N–H and O–H groups in total. The highest BCUT2D eigenvalue weighted by Crippen LogP contribution is 2.22. The molecule has 6 nitrogen and oxygen atoms in total. The number of aryl methyl sites for hydroxylation is 2. The van der Waals surface area contributed by atoms with Gasteiger partial charge in [0.25, 0.3) is 5.91 Å². The third-order valence-corrected chi connectivity index (χ3v) is 4.92. The van der Waals surface area contributed by atoms with E-state index >= 15 is 0 Å². The summed E-state index contributed by atoms with van der Waals surface area (Å²) < 4.78 is 1.85. The largest absolute Gasteiger partial charge is 0.350 e. The van der Waals surface area contributed by atoms with Crippen LogP contribution < -0.4 is 5.32 Å². The maximum absolute atomic E-state index is 12.1. The molecule has 1 aliphatic carbocycles. The number of carbonyl (C=O) groups is 1. The van der Waals surface area contributed by atoms with Gasteiger partial charge >= 0.3 is 0 Å². The van der Waals surface area contributed by atoms with E-state index in [0.717, 1.165) is 29.3 Å². The normalized spacial score (nSPS) is 13.4. The van der Waals surface area contributed by atoms with E-state index in [1.54, 1.807) is 6.20 Å². The van der Waals surface area contributed by atoms with Crippen LogP contribution in [0.15, 0.2) is 17.8 Å². The van der Waals surface area contributed by atoms with Crippen LogP contribution in [0.4, 0.5) is 0 Å². The van der Waals surface area contributed by atoms with Gasteiger partial charge in [0.15, 0.2) is 4.96 Å². The van der Waals surface area contributed by atoms with Crippen LogP contribution in [-0.4, -0.2) is 31.8 Å². The van der Waals surface area contributed by atoms with Crippen molar-refractivity contribution in [1.29, 1.82) is 0 Å². The number of thiazole rings is 1. The van der Waals surface area contributed by atoms with Crippen molar-refractivity contribution in [2.75, 3.05) is 6.54 Å². The second-order valence-corrected chi connectivity index (χ2v) is 6.60. The number of carbonyl (C=O) groups excluding carboxylic acids is 1. The van der Waals surface area contributed by atoms with Crippen LogP contribution in [0.1, 0.15) is 39.7 Å². The van der Waals surface area contributed by atoms with Crippen LogP contribution in [0.25, 0.3) is 4.96 Å². The molecule has 0 saturated carbocycles. The maximum Gasteiger partial charge on any atom is 0.271 e. The standard InChI is InChI=1S/C16H17N5OS/c1-10-11-3-2-4-12(11)19-14(18-10)5-6-17-15(22)13-9-21-7-8-23-16(21)20-13/h7-9H,2-6H2,1H3,(H,17,22). The zero-order valence-corrected chi connectivity index (χ0v) is 13.7. The van der Waals surface area contributed by atoms with Crippen molar-refractivity contribution in [3.05, 3.63) is 46.2 Å². The van der Waals surface area contributed by atoms with Gasteiger partial charge in [-0.3, -0.25) is 9.20 Å². The Hall–Kier alpha value is -2.28. The van der Waals surface area contributed by atoms with Crippen molar-refractivity contribution in [3.63, 3.8) is 0 Å². The van der Waals surface area contributed by atoms with Gasteiger partial charge in [-0.15, -0.1) is 11.3 Å². The summed E-state index contributed by atoms with van der Waals surface area (Å²) in [6, 6.07) is 0. The Kier molecular flexibility index (Phi) is 3.57. The Balaban J connectivity index is 1.39. The Labute approximate surface area is 137 Å². The van der Waals surface area contributed by atoms with Crippen molar-refractivity contribution < 1.29 is 4.79 Å². The number of fused-ring (bicyclic) bond motifs is 2. The minimum Gasteiger partial charge on any atom is -0.350 e. The number of amides is 1. The van der Waals surface area contributed by atoms with Gasteiger partial charge in [-0.1, -0.05) is 0 Å². The molecular weight excluding hydrogens is 310 g/mol. The highest BCUT2D eigenvalue weighted by molar-refractivity contribution is 7.15. The maximum atomic E-state index is 12.1. The van der Waals surface area contributed by atoms with Gasteiger partial charge in [0.1, 0.15) is 11.5 Å². The lowest BCUT2D eigenvalue weighted by molar-refractivity contribution is 0.0949. The van der Waals surface area contributed by atoms with Crippen LogP contribution in [0, 0.1) is 6.92 Å². The van der Waals surface area contributed by atoms with E-state index < -0.39 is 0 Å². The van der Waals surface area contributed by atoms with Gasteiger partial charge in [0.05, 0.1) is 0 Å². The van der Waals surface area contributed by atoms with Gasteiger partial charge in [0.2, 0.25) is 0 Å². The van der Waals surface area contributed by atoms with Gasteiger partial charge in [-0.05, 0) is 31.7 Å². The fourth-order valence-corrected chi connectivity index (χ4v) is 3.71. The highest BCUT2D eigenvalue weighted by Gasteiger charge is 2.17. The average molecular weight is 327 g/mol. The minimum absolute atomic E-state index is 0.154. The van der Waals surface area contributed by atoms with Crippen LogP contribution in [0.3, 0.4) is 0 Å². The Morgan fingerprint density at radius 3 is 3.13 bits per heavy atom. The second kappa shape index (κ2) is 5.73. The van der Waals surface area contributed by atoms with E-state index in [-0.39, 0.29) is 5.91 Å². The van der Waals surface area contributed by atoms with E-state index in [4.69, 9.17) is 0 Å². The number of hydrogen-bond donors (Lipinski definition) is 1. The third kappa shape index (κ3) is 2.72. The lowest BCUT2D eigenvalue weighted by Crippen LogP contribution is -2.26. The van der Waals surface area contributed by atoms with Crippen LogP contribution in [0.2, 0.25) is 0 Å². The number of nitrogens with one attached hydrogen (secondary N) is 1. The van der Waals surface area contributed by atoms with Crippen LogP contribution in [-0.2, 0) is 19.3 Å². The zero-order valence-electron chi connectivity index (χ0n) is 12.9. The molecule has 0 atom stereocenters. The summed E-state index contributed by atoms with van der Waals surface area (Å²) in [5.41, 5.74) is 4.04. The smallest absolute Gasteiger partial charge is 0.271 e. The highest BCUT2D eigenvalue weighted by atomic mass is 32.1. The van der Waals surface area contributed by atoms with Crippen molar-refractivity contribution >= 4 is 22.2 Å². The van der Waals surface area contributed by atoms with Crippen molar-refractivity contribution in [3.8, 4) is 0 Å². The van der Waals surface area contributed by atoms with Gasteiger partial charge in [-0.2, -0.15) is 0 Å². The predicted octanol–water partition coefficient (Wildman–Crippen LogP) is 1.96. The quantitative estimate of drug-likeness (QED) is 0.795. The number of hydrogen-bond acceptors (Lipinski definition) is 5. The molecule has 0 saturated heterocycles. The molecule has 3 aromatic rings. The molecule has 118 valence electrons. The van der Waals surface area contributed by atoms with E-state index in [0.29, 0.717) is 18.7 Å². The van der Waals surface area contributed by atoms with Crippen molar-refractivity contribution in [2.24, 2.45) is 0 Å². The van der Waals surface area contributed by atoms with Crippen molar-refractivity contribution in [1.82, 2.24) is 24.7 Å². The zero-order chi connectivity index (χ0) is 15.8. The number of rotatable bonds is 4. The first-order valence-corrected chi connectivity index (χ1v) is 8.64. The van der Waals surface area contributed by atoms with Crippen LogP contribution >= 0.6 is 11.3 Å². The fourth-order valence-electron chi connectivity index (χ4n) is 3.01. The fraction of sp³-hybridized carbons (Fsp3) is 0.375. The first kappa shape index (κ1) is 14.3. The van der Waals surface area contributed by atoms with Gasteiger partial charge in [0, 0.05) is 42.1 Å². The summed E-state index contributed by atoms with van der Waals surface area (Å²) in [7, 11) is 0. The van der Waals surface area contributed by atoms with E-state index in [1.807, 2.05) is 22.9 Å². The van der Waals surface area contributed by atoms with E-state index in [9.17, 15) is 4.79 Å². The molecule has 1 amide bonds.